The van der Waals surface area contributed by atoms with Crippen LogP contribution >= 0.6 is 0 Å². The van der Waals surface area contributed by atoms with Crippen LogP contribution in [0.15, 0.2) is 6.07 Å². The molecule has 1 aromatic rings. The summed E-state index contributed by atoms with van der Waals surface area (Å²) >= 11 is 0. The summed E-state index contributed by atoms with van der Waals surface area (Å²) in [6.45, 7) is 5.25. The second-order valence-corrected chi connectivity index (χ2v) is 5.52. The van der Waals surface area contributed by atoms with Crippen molar-refractivity contribution < 1.29 is 4.21 Å². The fraction of sp³-hybridized carbons (Fsp3) is 0.600. The summed E-state index contributed by atoms with van der Waals surface area (Å²) in [6.07, 6.45) is 1.69. The first kappa shape index (κ1) is 13.7. The summed E-state index contributed by atoms with van der Waals surface area (Å²) in [6, 6.07) is 1.78. The van der Waals surface area contributed by atoms with E-state index in [0.717, 1.165) is 6.54 Å². The smallest absolute Gasteiger partial charge is 0.223 e. The van der Waals surface area contributed by atoms with Crippen LogP contribution in [0.3, 0.4) is 0 Å². The van der Waals surface area contributed by atoms with Gasteiger partial charge in [-0.25, -0.2) is 0 Å². The molecule has 0 aliphatic carbocycles. The Balaban J connectivity index is 2.67. The van der Waals surface area contributed by atoms with Crippen LogP contribution in [0, 0.1) is 0 Å². The summed E-state index contributed by atoms with van der Waals surface area (Å²) in [7, 11) is -0.851. The first-order valence-electron chi connectivity index (χ1n) is 5.47. The molecule has 2 atom stereocenters. The Kier molecular flexibility index (Phi) is 5.14. The normalized spacial score (nSPS) is 14.1. The van der Waals surface area contributed by atoms with Crippen molar-refractivity contribution in [1.29, 1.82) is 0 Å². The molecule has 1 heterocycles. The van der Waals surface area contributed by atoms with Crippen molar-refractivity contribution in [3.8, 4) is 0 Å². The van der Waals surface area contributed by atoms with Crippen molar-refractivity contribution in [2.24, 2.45) is 0 Å². The fourth-order valence-corrected chi connectivity index (χ4v) is 1.51. The highest BCUT2D eigenvalue weighted by Gasteiger charge is 2.07. The molecule has 2 unspecified atom stereocenters. The summed E-state index contributed by atoms with van der Waals surface area (Å²) in [5.74, 6) is 1.55. The van der Waals surface area contributed by atoms with Gasteiger partial charge in [-0.05, 0) is 13.8 Å². The van der Waals surface area contributed by atoms with E-state index in [-0.39, 0.29) is 11.2 Å². The maximum absolute atomic E-state index is 11.2. The molecular formula is C10H19N5OS. The number of nitrogen functional groups attached to an aromatic ring is 1. The van der Waals surface area contributed by atoms with Crippen molar-refractivity contribution in [2.45, 2.75) is 19.1 Å². The Labute approximate surface area is 104 Å². The van der Waals surface area contributed by atoms with Crippen molar-refractivity contribution >= 4 is 28.4 Å². The third-order valence-corrected chi connectivity index (χ3v) is 3.54. The van der Waals surface area contributed by atoms with Crippen molar-refractivity contribution in [1.82, 2.24) is 9.97 Å². The zero-order valence-corrected chi connectivity index (χ0v) is 11.2. The SMILES string of the molecule is CCNc1cc(NCC(C)S(C)=O)nc(N)n1. The molecule has 1 rings (SSSR count). The number of hydrogen-bond donors (Lipinski definition) is 3. The van der Waals surface area contributed by atoms with E-state index < -0.39 is 10.8 Å². The minimum atomic E-state index is -0.851. The molecule has 0 saturated carbocycles. The zero-order valence-electron chi connectivity index (χ0n) is 10.4. The number of anilines is 3. The molecule has 0 fully saturated rings. The lowest BCUT2D eigenvalue weighted by molar-refractivity contribution is 0.679. The number of nitrogens with two attached hydrogens (primary N) is 1. The van der Waals surface area contributed by atoms with Crippen molar-refractivity contribution in [3.63, 3.8) is 0 Å². The average Bonchev–Trinajstić information content (AvgIpc) is 2.25. The van der Waals surface area contributed by atoms with Gasteiger partial charge in [0.05, 0.1) is 0 Å². The maximum Gasteiger partial charge on any atom is 0.223 e. The van der Waals surface area contributed by atoms with Gasteiger partial charge in [0.25, 0.3) is 0 Å². The molecule has 6 nitrogen and oxygen atoms in total. The fourth-order valence-electron chi connectivity index (χ4n) is 1.19. The summed E-state index contributed by atoms with van der Waals surface area (Å²) in [4.78, 5) is 8.11. The quantitative estimate of drug-likeness (QED) is 0.693. The molecule has 0 saturated heterocycles. The molecule has 7 heteroatoms. The van der Waals surface area contributed by atoms with Crippen molar-refractivity contribution in [2.75, 3.05) is 35.7 Å². The van der Waals surface area contributed by atoms with E-state index in [1.54, 1.807) is 12.3 Å². The third kappa shape index (κ3) is 4.56. The number of nitrogens with zero attached hydrogens (tertiary/aromatic N) is 2. The molecule has 4 N–H and O–H groups in total. The van der Waals surface area contributed by atoms with Crippen LogP contribution < -0.4 is 16.4 Å². The van der Waals surface area contributed by atoms with Gasteiger partial charge in [-0.2, -0.15) is 9.97 Å². The highest BCUT2D eigenvalue weighted by atomic mass is 32.2. The summed E-state index contributed by atoms with van der Waals surface area (Å²) in [5.41, 5.74) is 5.59. The Morgan fingerprint density at radius 1 is 1.41 bits per heavy atom. The van der Waals surface area contributed by atoms with E-state index in [2.05, 4.69) is 20.6 Å². The van der Waals surface area contributed by atoms with Gasteiger partial charge in [-0.15, -0.1) is 0 Å². The first-order valence-corrected chi connectivity index (χ1v) is 7.09. The minimum Gasteiger partial charge on any atom is -0.370 e. The molecule has 0 amide bonds. The highest BCUT2D eigenvalue weighted by molar-refractivity contribution is 7.84. The third-order valence-electron chi connectivity index (χ3n) is 2.24. The van der Waals surface area contributed by atoms with Crippen LogP contribution in [0.2, 0.25) is 0 Å². The Morgan fingerprint density at radius 2 is 2.00 bits per heavy atom. The van der Waals surface area contributed by atoms with Gasteiger partial charge in [0.15, 0.2) is 0 Å². The van der Waals surface area contributed by atoms with Gasteiger partial charge in [0, 0.05) is 41.5 Å². The van der Waals surface area contributed by atoms with Crippen LogP contribution in [0.25, 0.3) is 0 Å². The van der Waals surface area contributed by atoms with Crippen LogP contribution in [0.5, 0.6) is 0 Å². The molecular weight excluding hydrogens is 238 g/mol. The monoisotopic (exact) mass is 257 g/mol. The molecule has 0 aromatic carbocycles. The van der Waals surface area contributed by atoms with Crippen molar-refractivity contribution in [3.05, 3.63) is 6.07 Å². The Hall–Kier alpha value is -1.37. The van der Waals surface area contributed by atoms with E-state index in [0.29, 0.717) is 18.2 Å². The lowest BCUT2D eigenvalue weighted by Gasteiger charge is -2.11. The van der Waals surface area contributed by atoms with Gasteiger partial charge in [-0.3, -0.25) is 4.21 Å². The second-order valence-electron chi connectivity index (χ2n) is 3.72. The van der Waals surface area contributed by atoms with Crippen LogP contribution in [0.4, 0.5) is 17.6 Å². The molecule has 1 aromatic heterocycles. The topological polar surface area (TPSA) is 92.9 Å². The second kappa shape index (κ2) is 6.39. The number of aromatic nitrogens is 2. The Bertz CT molecular complexity index is 398. The predicted octanol–water partition coefficient (Wildman–Crippen LogP) is 0.670. The first-order chi connectivity index (χ1) is 8.02. The number of rotatable bonds is 6. The van der Waals surface area contributed by atoms with E-state index in [4.69, 9.17) is 5.73 Å². The van der Waals surface area contributed by atoms with Gasteiger partial charge in [0.2, 0.25) is 5.95 Å². The molecule has 0 aliphatic rings. The van der Waals surface area contributed by atoms with Crippen LogP contribution in [-0.2, 0) is 10.8 Å². The van der Waals surface area contributed by atoms with Crippen LogP contribution in [0.1, 0.15) is 13.8 Å². The highest BCUT2D eigenvalue weighted by Crippen LogP contribution is 2.12. The van der Waals surface area contributed by atoms with E-state index in [1.807, 2.05) is 13.8 Å². The van der Waals surface area contributed by atoms with E-state index in [9.17, 15) is 4.21 Å². The Morgan fingerprint density at radius 3 is 2.53 bits per heavy atom. The summed E-state index contributed by atoms with van der Waals surface area (Å²) in [5, 5.41) is 6.23. The van der Waals surface area contributed by atoms with Gasteiger partial charge < -0.3 is 16.4 Å². The predicted molar refractivity (Wildman–Crippen MR) is 72.6 cm³/mol. The standard InChI is InChI=1S/C10H19N5OS/c1-4-12-8-5-9(15-10(11)14-8)13-6-7(2)17(3)16/h5,7H,4,6H2,1-3H3,(H4,11,12,13,14,15). The number of nitrogens with one attached hydrogen (secondary N) is 2. The molecule has 96 valence electrons. The molecule has 17 heavy (non-hydrogen) atoms. The molecule has 0 radical (unpaired) electrons. The lowest BCUT2D eigenvalue weighted by Crippen LogP contribution is -2.21. The van der Waals surface area contributed by atoms with Gasteiger partial charge in [-0.1, -0.05) is 0 Å². The molecule has 0 bridgehead atoms. The average molecular weight is 257 g/mol. The maximum atomic E-state index is 11.2. The largest absolute Gasteiger partial charge is 0.370 e. The lowest BCUT2D eigenvalue weighted by atomic mass is 10.4. The zero-order chi connectivity index (χ0) is 12.8. The minimum absolute atomic E-state index is 0.0637. The van der Waals surface area contributed by atoms with E-state index in [1.165, 1.54) is 0 Å². The molecule has 0 spiro atoms. The van der Waals surface area contributed by atoms with Gasteiger partial charge >= 0.3 is 0 Å². The summed E-state index contributed by atoms with van der Waals surface area (Å²) < 4.78 is 11.2. The number of hydrogen-bond acceptors (Lipinski definition) is 6. The van der Waals surface area contributed by atoms with Crippen LogP contribution in [-0.4, -0.2) is 38.8 Å². The van der Waals surface area contributed by atoms with E-state index >= 15 is 0 Å². The molecule has 0 aliphatic heterocycles. The van der Waals surface area contributed by atoms with Gasteiger partial charge in [0.1, 0.15) is 11.6 Å².